The Kier molecular flexibility index (Phi) is 10.8. The Hall–Kier alpha value is -0.311. The second-order valence-electron chi connectivity index (χ2n) is 1.32. The molecule has 1 radical (unpaired) electrons. The first-order chi connectivity index (χ1) is 4.31. The Morgan fingerprint density at radius 1 is 1.80 bits per heavy atom. The van der Waals surface area contributed by atoms with Crippen LogP contribution in [0.25, 0.3) is 0 Å². The summed E-state index contributed by atoms with van der Waals surface area (Å²) in [4.78, 5) is 14.7. The summed E-state index contributed by atoms with van der Waals surface area (Å²) in [6.07, 6.45) is 3.54. The van der Waals surface area contributed by atoms with Gasteiger partial charge in [-0.15, -0.1) is 6.08 Å². The van der Waals surface area contributed by atoms with E-state index in [4.69, 9.17) is 0 Å². The van der Waals surface area contributed by atoms with E-state index in [9.17, 15) is 4.79 Å². The van der Waals surface area contributed by atoms with E-state index in [2.05, 4.69) is 17.2 Å². The first kappa shape index (κ1) is 12.4. The Morgan fingerprint density at radius 3 is 2.80 bits per heavy atom. The zero-order chi connectivity index (χ0) is 7.11. The van der Waals surface area contributed by atoms with Crippen molar-refractivity contribution in [3.05, 3.63) is 19.1 Å². The molecule has 59 valence electrons. The summed E-state index contributed by atoms with van der Waals surface area (Å²) in [7, 11) is 1.52. The van der Waals surface area contributed by atoms with Crippen molar-refractivity contribution in [3.63, 3.8) is 0 Å². The van der Waals surface area contributed by atoms with Crippen LogP contribution in [0.2, 0.25) is 0 Å². The molecule has 10 heavy (non-hydrogen) atoms. The number of carbonyl (C=O) groups is 1. The van der Waals surface area contributed by atoms with Crippen LogP contribution >= 0.6 is 0 Å². The number of hydrogen-bond acceptors (Lipinski definition) is 3. The number of hydroxylamine groups is 1. The molecule has 0 amide bonds. The van der Waals surface area contributed by atoms with Crippen LogP contribution in [0.3, 0.4) is 0 Å². The van der Waals surface area contributed by atoms with Gasteiger partial charge in [0, 0.05) is 30.2 Å². The van der Waals surface area contributed by atoms with Crippen LogP contribution in [-0.4, -0.2) is 13.0 Å². The molecule has 0 atom stereocenters. The first-order valence-corrected chi connectivity index (χ1v) is 2.64. The smallest absolute Gasteiger partial charge is 0.349 e. The SMILES string of the molecule is [CH2-]C/C=C/C(=O)ONC.[Mn]. The maximum absolute atomic E-state index is 10.4. The number of nitrogens with one attached hydrogen (secondary N) is 1. The van der Waals surface area contributed by atoms with Gasteiger partial charge >= 0.3 is 5.97 Å². The Balaban J connectivity index is 0. The third kappa shape index (κ3) is 7.69. The van der Waals surface area contributed by atoms with Crippen molar-refractivity contribution >= 4 is 5.97 Å². The Bertz CT molecular complexity index is 114. The molecule has 0 aliphatic rings. The van der Waals surface area contributed by atoms with Gasteiger partial charge in [-0.05, 0) is 0 Å². The summed E-state index contributed by atoms with van der Waals surface area (Å²) >= 11 is 0. The second kappa shape index (κ2) is 8.69. The van der Waals surface area contributed by atoms with Crippen molar-refractivity contribution in [3.8, 4) is 0 Å². The molecule has 0 heterocycles. The molecular formula is C6H10MnNO2-. The number of rotatable bonds is 3. The van der Waals surface area contributed by atoms with E-state index in [1.807, 2.05) is 0 Å². The predicted octanol–water partition coefficient (Wildman–Crippen LogP) is 0.442. The largest absolute Gasteiger partial charge is 0.367 e. The second-order valence-corrected chi connectivity index (χ2v) is 1.32. The minimum Gasteiger partial charge on any atom is -0.367 e. The predicted molar refractivity (Wildman–Crippen MR) is 34.3 cm³/mol. The van der Waals surface area contributed by atoms with Crippen molar-refractivity contribution in [2.75, 3.05) is 7.05 Å². The van der Waals surface area contributed by atoms with Gasteiger partial charge in [-0.3, -0.25) is 0 Å². The molecule has 0 rings (SSSR count). The first-order valence-electron chi connectivity index (χ1n) is 2.64. The fourth-order valence-electron chi connectivity index (χ4n) is 0.314. The monoisotopic (exact) mass is 183 g/mol. The van der Waals surface area contributed by atoms with Gasteiger partial charge in [-0.25, -0.2) is 4.79 Å². The van der Waals surface area contributed by atoms with E-state index < -0.39 is 5.97 Å². The average Bonchev–Trinajstić information content (AvgIpc) is 1.85. The number of hydrogen-bond donors (Lipinski definition) is 1. The summed E-state index contributed by atoms with van der Waals surface area (Å²) in [5.74, 6) is -0.402. The molecule has 0 unspecified atom stereocenters. The summed E-state index contributed by atoms with van der Waals surface area (Å²) in [6, 6.07) is 0. The van der Waals surface area contributed by atoms with E-state index in [-0.39, 0.29) is 17.1 Å². The Morgan fingerprint density at radius 2 is 2.40 bits per heavy atom. The topological polar surface area (TPSA) is 38.3 Å². The molecule has 0 bridgehead atoms. The quantitative estimate of drug-likeness (QED) is 0.298. The van der Waals surface area contributed by atoms with Crippen LogP contribution in [-0.2, 0) is 26.7 Å². The van der Waals surface area contributed by atoms with Crippen molar-refractivity contribution in [2.45, 2.75) is 6.42 Å². The van der Waals surface area contributed by atoms with Crippen molar-refractivity contribution < 1.29 is 26.7 Å². The zero-order valence-electron chi connectivity index (χ0n) is 5.76. The molecule has 0 saturated heterocycles. The molecule has 0 aliphatic carbocycles. The van der Waals surface area contributed by atoms with E-state index in [1.165, 1.54) is 13.1 Å². The third-order valence-electron chi connectivity index (χ3n) is 0.623. The van der Waals surface area contributed by atoms with E-state index in [0.717, 1.165) is 0 Å². The van der Waals surface area contributed by atoms with Gasteiger partial charge in [0.05, 0.1) is 0 Å². The molecule has 0 fully saturated rings. The van der Waals surface area contributed by atoms with Crippen molar-refractivity contribution in [2.24, 2.45) is 0 Å². The van der Waals surface area contributed by atoms with Gasteiger partial charge in [-0.2, -0.15) is 11.9 Å². The van der Waals surface area contributed by atoms with Gasteiger partial charge in [0.2, 0.25) is 0 Å². The van der Waals surface area contributed by atoms with Gasteiger partial charge in [0.1, 0.15) is 0 Å². The maximum Gasteiger partial charge on any atom is 0.349 e. The van der Waals surface area contributed by atoms with Crippen LogP contribution in [0.1, 0.15) is 6.42 Å². The van der Waals surface area contributed by atoms with Crippen LogP contribution in [0, 0.1) is 6.92 Å². The molecule has 0 aromatic rings. The van der Waals surface area contributed by atoms with E-state index in [0.29, 0.717) is 6.42 Å². The maximum atomic E-state index is 10.4. The van der Waals surface area contributed by atoms with Gasteiger partial charge in [0.25, 0.3) is 0 Å². The summed E-state index contributed by atoms with van der Waals surface area (Å²) in [6.45, 7) is 3.50. The van der Waals surface area contributed by atoms with Gasteiger partial charge in [-0.1, -0.05) is 0 Å². The Labute approximate surface area is 71.2 Å². The summed E-state index contributed by atoms with van der Waals surface area (Å²) < 4.78 is 0. The van der Waals surface area contributed by atoms with Gasteiger partial charge < -0.3 is 11.8 Å². The van der Waals surface area contributed by atoms with Crippen LogP contribution in [0.15, 0.2) is 12.2 Å². The third-order valence-corrected chi connectivity index (χ3v) is 0.623. The number of allylic oxidation sites excluding steroid dienone is 1. The van der Waals surface area contributed by atoms with Crippen LogP contribution in [0.4, 0.5) is 0 Å². The van der Waals surface area contributed by atoms with E-state index in [1.54, 1.807) is 6.08 Å². The average molecular weight is 183 g/mol. The minimum atomic E-state index is -0.402. The molecular weight excluding hydrogens is 173 g/mol. The summed E-state index contributed by atoms with van der Waals surface area (Å²) in [5, 5.41) is 0. The molecule has 0 spiro atoms. The molecule has 4 heteroatoms. The summed E-state index contributed by atoms with van der Waals surface area (Å²) in [5.41, 5.74) is 2.26. The fraction of sp³-hybridized carbons (Fsp3) is 0.333. The zero-order valence-corrected chi connectivity index (χ0v) is 6.94. The van der Waals surface area contributed by atoms with Crippen molar-refractivity contribution in [1.82, 2.24) is 5.48 Å². The van der Waals surface area contributed by atoms with Crippen molar-refractivity contribution in [1.29, 1.82) is 0 Å². The minimum absolute atomic E-state index is 0. The molecule has 0 aliphatic heterocycles. The fourth-order valence-corrected chi connectivity index (χ4v) is 0.314. The molecule has 1 N–H and O–H groups in total. The standard InChI is InChI=1S/C6H10NO2.Mn/c1-3-4-5-6(8)9-7-2;/h4-5,7H,1,3H2,2H3;/q-1;/b5-4+;. The van der Waals surface area contributed by atoms with E-state index >= 15 is 0 Å². The molecule has 0 saturated carbocycles. The van der Waals surface area contributed by atoms with Gasteiger partial charge in [0.15, 0.2) is 0 Å². The molecule has 0 aromatic carbocycles. The van der Waals surface area contributed by atoms with Crippen LogP contribution < -0.4 is 5.48 Å². The molecule has 3 nitrogen and oxygen atoms in total. The molecule has 0 aromatic heterocycles. The number of carbonyl (C=O) groups excluding carboxylic acids is 1. The van der Waals surface area contributed by atoms with Crippen LogP contribution in [0.5, 0.6) is 0 Å². The normalized spacial score (nSPS) is 9.00.